The number of hydrazone groups is 1. The molecular weight excluding hydrogens is 326 g/mol. The minimum Gasteiger partial charge on any atom is -0.465 e. The van der Waals surface area contributed by atoms with Gasteiger partial charge in [-0.1, -0.05) is 17.7 Å². The van der Waals surface area contributed by atoms with E-state index in [-0.39, 0.29) is 19.1 Å². The average molecular weight is 342 g/mol. The number of nitrogens with zero attached hydrogens (tertiary/aromatic N) is 5. The molecule has 1 aromatic heterocycles. The van der Waals surface area contributed by atoms with Gasteiger partial charge in [-0.15, -0.1) is 0 Å². The van der Waals surface area contributed by atoms with Crippen molar-refractivity contribution in [3.63, 3.8) is 0 Å². The zero-order valence-corrected chi connectivity index (χ0v) is 13.3. The fourth-order valence-corrected chi connectivity index (χ4v) is 2.34. The van der Waals surface area contributed by atoms with E-state index >= 15 is 0 Å². The summed E-state index contributed by atoms with van der Waals surface area (Å²) < 4.78 is 4.88. The number of carbonyl (C=O) groups is 1. The van der Waals surface area contributed by atoms with Gasteiger partial charge in [-0.3, -0.25) is 4.79 Å². The molecule has 124 valence electrons. The lowest BCUT2D eigenvalue weighted by atomic mass is 10.3. The highest BCUT2D eigenvalue weighted by molar-refractivity contribution is 6.29. The van der Waals surface area contributed by atoms with Gasteiger partial charge < -0.3 is 14.5 Å². The van der Waals surface area contributed by atoms with E-state index in [1.54, 1.807) is 30.2 Å². The normalized spacial score (nSPS) is 16.0. The van der Waals surface area contributed by atoms with Gasteiger partial charge in [0.15, 0.2) is 5.03 Å². The number of rotatable bonds is 6. The zero-order valence-electron chi connectivity index (χ0n) is 12.5. The molecule has 2 heterocycles. The van der Waals surface area contributed by atoms with Crippen molar-refractivity contribution >= 4 is 23.5 Å². The lowest BCUT2D eigenvalue weighted by Gasteiger charge is -2.19. The molecular formula is C13H16ClN5O4. The Morgan fingerprint density at radius 1 is 1.48 bits per heavy atom. The summed E-state index contributed by atoms with van der Waals surface area (Å²) in [7, 11) is 0. The predicted molar refractivity (Wildman–Crippen MR) is 82.3 cm³/mol. The molecule has 0 atom stereocenters. The predicted octanol–water partition coefficient (Wildman–Crippen LogP) is 0.963. The molecule has 1 aliphatic rings. The summed E-state index contributed by atoms with van der Waals surface area (Å²) in [5.41, 5.74) is 0.837. The van der Waals surface area contributed by atoms with E-state index in [1.807, 2.05) is 0 Å². The van der Waals surface area contributed by atoms with Gasteiger partial charge in [0.1, 0.15) is 16.8 Å². The molecule has 9 nitrogen and oxygen atoms in total. The Hall–Kier alpha value is -2.42. The summed E-state index contributed by atoms with van der Waals surface area (Å²) in [5.74, 6) is -0.309. The quantitative estimate of drug-likeness (QED) is 0.329. The number of ether oxygens (including phenoxy) is 1. The van der Waals surface area contributed by atoms with E-state index in [0.29, 0.717) is 24.8 Å². The molecule has 0 saturated carbocycles. The second-order valence-electron chi connectivity index (χ2n) is 4.78. The first-order chi connectivity index (χ1) is 11.0. The van der Waals surface area contributed by atoms with Gasteiger partial charge in [0.05, 0.1) is 6.61 Å². The fraction of sp³-hybridized carbons (Fsp3) is 0.462. The molecule has 1 aliphatic heterocycles. The largest absolute Gasteiger partial charge is 0.465 e. The number of guanidine groups is 1. The van der Waals surface area contributed by atoms with Crippen molar-refractivity contribution in [1.29, 1.82) is 0 Å². The Morgan fingerprint density at radius 2 is 2.22 bits per heavy atom. The van der Waals surface area contributed by atoms with Crippen molar-refractivity contribution in [2.24, 2.45) is 5.10 Å². The monoisotopic (exact) mass is 341 g/mol. The van der Waals surface area contributed by atoms with Crippen LogP contribution in [0.4, 0.5) is 0 Å². The maximum atomic E-state index is 11.6. The first-order valence-electron chi connectivity index (χ1n) is 6.98. The van der Waals surface area contributed by atoms with Gasteiger partial charge in [0, 0.05) is 25.8 Å². The van der Waals surface area contributed by atoms with Crippen LogP contribution in [0.25, 0.3) is 0 Å². The van der Waals surface area contributed by atoms with Crippen molar-refractivity contribution in [3.8, 4) is 0 Å². The maximum Gasteiger partial charge on any atom is 0.325 e. The van der Waals surface area contributed by atoms with E-state index in [4.69, 9.17) is 16.3 Å². The molecule has 2 rings (SSSR count). The number of nitro groups is 1. The molecule has 0 aromatic carbocycles. The molecule has 0 bridgehead atoms. The minimum atomic E-state index is -0.772. The zero-order chi connectivity index (χ0) is 16.8. The highest BCUT2D eigenvalue weighted by atomic mass is 35.5. The first-order valence-corrected chi connectivity index (χ1v) is 7.36. The molecule has 0 unspecified atom stereocenters. The standard InChI is InChI=1S/C13H16ClN5O4/c1-2-23-12(20)9-18-6-5-17(13(18)16-19(21)22)8-10-3-4-11(14)15-7-10/h3-4,7H,2,5-6,8-9H2,1H3. The molecule has 0 spiro atoms. The molecule has 0 aliphatic carbocycles. The Bertz CT molecular complexity index is 607. The van der Waals surface area contributed by atoms with E-state index in [9.17, 15) is 14.9 Å². The van der Waals surface area contributed by atoms with Crippen LogP contribution in [0, 0.1) is 10.1 Å². The van der Waals surface area contributed by atoms with Crippen molar-refractivity contribution in [3.05, 3.63) is 39.2 Å². The molecule has 1 saturated heterocycles. The Balaban J connectivity index is 2.11. The lowest BCUT2D eigenvalue weighted by Crippen LogP contribution is -2.37. The Labute approximate surface area is 137 Å². The van der Waals surface area contributed by atoms with Gasteiger partial charge >= 0.3 is 5.97 Å². The van der Waals surface area contributed by atoms with Crippen molar-refractivity contribution in [2.75, 3.05) is 26.2 Å². The van der Waals surface area contributed by atoms with E-state index < -0.39 is 11.0 Å². The summed E-state index contributed by atoms with van der Waals surface area (Å²) in [6.45, 7) is 3.23. The highest BCUT2D eigenvalue weighted by Crippen LogP contribution is 2.15. The number of aromatic nitrogens is 1. The number of halogens is 1. The number of hydrogen-bond acceptors (Lipinski definition) is 5. The summed E-state index contributed by atoms with van der Waals surface area (Å²) in [4.78, 5) is 29.6. The molecule has 0 radical (unpaired) electrons. The van der Waals surface area contributed by atoms with E-state index in [2.05, 4.69) is 10.1 Å². The summed E-state index contributed by atoms with van der Waals surface area (Å²) in [5, 5.41) is 13.8. The summed E-state index contributed by atoms with van der Waals surface area (Å²) >= 11 is 5.74. The van der Waals surface area contributed by atoms with Crippen LogP contribution in [0.2, 0.25) is 5.15 Å². The molecule has 0 amide bonds. The third kappa shape index (κ3) is 4.78. The maximum absolute atomic E-state index is 11.6. The smallest absolute Gasteiger partial charge is 0.325 e. The number of carbonyl (C=O) groups excluding carboxylic acids is 1. The van der Waals surface area contributed by atoms with Crippen LogP contribution in [0.5, 0.6) is 0 Å². The second kappa shape index (κ2) is 7.73. The molecule has 0 N–H and O–H groups in total. The first kappa shape index (κ1) is 16.9. The van der Waals surface area contributed by atoms with Crippen molar-refractivity contribution in [1.82, 2.24) is 14.8 Å². The van der Waals surface area contributed by atoms with Gasteiger partial charge in [-0.2, -0.15) is 0 Å². The van der Waals surface area contributed by atoms with Gasteiger partial charge in [0.2, 0.25) is 0 Å². The SMILES string of the molecule is CCOC(=O)CN1CCN(Cc2ccc(Cl)nc2)C1=N[N+](=O)[O-]. The van der Waals surface area contributed by atoms with Crippen LogP contribution in [0.3, 0.4) is 0 Å². The number of pyridine rings is 1. The van der Waals surface area contributed by atoms with Crippen LogP contribution in [0.15, 0.2) is 23.4 Å². The molecule has 10 heteroatoms. The molecule has 1 aromatic rings. The van der Waals surface area contributed by atoms with Crippen LogP contribution < -0.4 is 0 Å². The minimum absolute atomic E-state index is 0.0735. The molecule has 23 heavy (non-hydrogen) atoms. The summed E-state index contributed by atoms with van der Waals surface area (Å²) in [6, 6.07) is 3.43. The number of esters is 1. The van der Waals surface area contributed by atoms with Gasteiger partial charge in [-0.05, 0) is 18.6 Å². The Morgan fingerprint density at radius 3 is 2.83 bits per heavy atom. The third-order valence-electron chi connectivity index (χ3n) is 3.16. The highest BCUT2D eigenvalue weighted by Gasteiger charge is 2.31. The topological polar surface area (TPSA) is 101 Å². The average Bonchev–Trinajstić information content (AvgIpc) is 2.83. The van der Waals surface area contributed by atoms with Crippen LogP contribution in [-0.2, 0) is 16.1 Å². The van der Waals surface area contributed by atoms with Crippen molar-refractivity contribution < 1.29 is 14.6 Å². The molecule has 1 fully saturated rings. The van der Waals surface area contributed by atoms with Gasteiger partial charge in [0.25, 0.3) is 5.96 Å². The van der Waals surface area contributed by atoms with Crippen LogP contribution in [-0.4, -0.2) is 58.0 Å². The second-order valence-corrected chi connectivity index (χ2v) is 5.16. The van der Waals surface area contributed by atoms with E-state index in [0.717, 1.165) is 5.56 Å². The van der Waals surface area contributed by atoms with Crippen LogP contribution >= 0.6 is 11.6 Å². The summed E-state index contributed by atoms with van der Waals surface area (Å²) in [6.07, 6.45) is 1.60. The lowest BCUT2D eigenvalue weighted by molar-refractivity contribution is -0.486. The third-order valence-corrected chi connectivity index (χ3v) is 3.39. The number of hydrogen-bond donors (Lipinski definition) is 0. The van der Waals surface area contributed by atoms with Gasteiger partial charge in [-0.25, -0.2) is 15.1 Å². The Kier molecular flexibility index (Phi) is 5.69. The van der Waals surface area contributed by atoms with Crippen molar-refractivity contribution in [2.45, 2.75) is 13.5 Å². The fourth-order valence-electron chi connectivity index (χ4n) is 2.22. The van der Waals surface area contributed by atoms with Crippen LogP contribution in [0.1, 0.15) is 12.5 Å². The van der Waals surface area contributed by atoms with E-state index in [1.165, 1.54) is 4.90 Å².